The van der Waals surface area contributed by atoms with Gasteiger partial charge in [0.25, 0.3) is 0 Å². The van der Waals surface area contributed by atoms with Crippen molar-refractivity contribution >= 4 is 28.1 Å². The summed E-state index contributed by atoms with van der Waals surface area (Å²) in [6.45, 7) is 8.14. The molecule has 4 aromatic rings. The summed E-state index contributed by atoms with van der Waals surface area (Å²) >= 11 is 0. The molecule has 0 amide bonds. The van der Waals surface area contributed by atoms with E-state index >= 15 is 0 Å². The van der Waals surface area contributed by atoms with E-state index in [-0.39, 0.29) is 0 Å². The van der Waals surface area contributed by atoms with E-state index < -0.39 is 0 Å². The summed E-state index contributed by atoms with van der Waals surface area (Å²) in [6.07, 6.45) is 5.55. The van der Waals surface area contributed by atoms with Gasteiger partial charge < -0.3 is 30.1 Å². The van der Waals surface area contributed by atoms with Crippen molar-refractivity contribution in [3.8, 4) is 22.8 Å². The van der Waals surface area contributed by atoms with Crippen molar-refractivity contribution in [2.45, 2.75) is 19.3 Å². The number of nitrogens with one attached hydrogen (secondary N) is 2. The van der Waals surface area contributed by atoms with Crippen molar-refractivity contribution in [2.24, 2.45) is 0 Å². The molecule has 2 aromatic heterocycles. The Kier molecular flexibility index (Phi) is 8.49. The molecule has 2 fully saturated rings. The van der Waals surface area contributed by atoms with Gasteiger partial charge in [-0.2, -0.15) is 0 Å². The van der Waals surface area contributed by atoms with E-state index in [1.165, 1.54) is 18.5 Å². The Morgan fingerprint density at radius 3 is 2.39 bits per heavy atom. The van der Waals surface area contributed by atoms with E-state index in [0.29, 0.717) is 0 Å². The third kappa shape index (κ3) is 6.72. The highest BCUT2D eigenvalue weighted by Crippen LogP contribution is 2.33. The molecule has 2 aliphatic rings. The Labute approximate surface area is 243 Å². The average molecular weight is 552 g/mol. The van der Waals surface area contributed by atoms with Crippen LogP contribution in [-0.2, 0) is 0 Å². The number of aromatic nitrogens is 2. The van der Waals surface area contributed by atoms with Gasteiger partial charge in [0.15, 0.2) is 0 Å². The molecule has 0 unspecified atom stereocenters. The first kappa shape index (κ1) is 27.3. The number of benzene rings is 2. The predicted molar refractivity (Wildman–Crippen MR) is 170 cm³/mol. The van der Waals surface area contributed by atoms with Gasteiger partial charge in [0.2, 0.25) is 0 Å². The minimum Gasteiger partial charge on any atom is -0.457 e. The van der Waals surface area contributed by atoms with Gasteiger partial charge >= 0.3 is 0 Å². The van der Waals surface area contributed by atoms with Crippen molar-refractivity contribution in [3.63, 3.8) is 0 Å². The molecule has 2 aromatic carbocycles. The molecule has 8 nitrogen and oxygen atoms in total. The van der Waals surface area contributed by atoms with Crippen LogP contribution in [0.3, 0.4) is 0 Å². The van der Waals surface area contributed by atoms with E-state index in [1.807, 2.05) is 18.3 Å². The maximum Gasteiger partial charge on any atom is 0.129 e. The van der Waals surface area contributed by atoms with Crippen LogP contribution in [0, 0.1) is 0 Å². The number of nitrogens with zero attached hydrogens (tertiary/aromatic N) is 5. The normalized spacial score (nSPS) is 15.6. The smallest absolute Gasteiger partial charge is 0.129 e. The number of hydrogen-bond donors (Lipinski definition) is 2. The van der Waals surface area contributed by atoms with Gasteiger partial charge in [-0.1, -0.05) is 0 Å². The minimum atomic E-state index is 0.779. The van der Waals surface area contributed by atoms with Gasteiger partial charge in [-0.3, -0.25) is 0 Å². The molecule has 41 heavy (non-hydrogen) atoms. The quantitative estimate of drug-likeness (QED) is 0.252. The summed E-state index contributed by atoms with van der Waals surface area (Å²) in [5.41, 5.74) is 5.15. The molecular formula is C33H41N7O. The molecule has 8 heteroatoms. The van der Waals surface area contributed by atoms with Gasteiger partial charge in [-0.15, -0.1) is 0 Å². The highest BCUT2D eigenvalue weighted by molar-refractivity contribution is 5.94. The average Bonchev–Trinajstić information content (AvgIpc) is 3.55. The molecule has 2 aliphatic heterocycles. The molecule has 0 atom stereocenters. The van der Waals surface area contributed by atoms with Crippen LogP contribution in [0.2, 0.25) is 0 Å². The summed E-state index contributed by atoms with van der Waals surface area (Å²) in [7, 11) is 4.22. The molecule has 2 saturated heterocycles. The first-order chi connectivity index (χ1) is 20.1. The van der Waals surface area contributed by atoms with Crippen molar-refractivity contribution in [1.29, 1.82) is 0 Å². The number of pyridine rings is 2. The lowest BCUT2D eigenvalue weighted by molar-refractivity contribution is 0.405. The van der Waals surface area contributed by atoms with Crippen LogP contribution >= 0.6 is 0 Å². The van der Waals surface area contributed by atoms with E-state index in [4.69, 9.17) is 14.7 Å². The third-order valence-corrected chi connectivity index (χ3v) is 7.91. The minimum absolute atomic E-state index is 0.779. The number of anilines is 3. The van der Waals surface area contributed by atoms with Crippen molar-refractivity contribution < 1.29 is 4.74 Å². The Morgan fingerprint density at radius 1 is 0.878 bits per heavy atom. The van der Waals surface area contributed by atoms with Crippen LogP contribution in [0.5, 0.6) is 11.5 Å². The van der Waals surface area contributed by atoms with Crippen LogP contribution in [0.4, 0.5) is 17.2 Å². The van der Waals surface area contributed by atoms with E-state index in [1.54, 1.807) is 0 Å². The highest BCUT2D eigenvalue weighted by Gasteiger charge is 2.15. The van der Waals surface area contributed by atoms with Crippen molar-refractivity contribution in [2.75, 3.05) is 81.6 Å². The van der Waals surface area contributed by atoms with Gasteiger partial charge in [-0.25, -0.2) is 9.97 Å². The fourth-order valence-electron chi connectivity index (χ4n) is 5.64. The van der Waals surface area contributed by atoms with Crippen LogP contribution in [-0.4, -0.2) is 81.3 Å². The van der Waals surface area contributed by atoms with Crippen LogP contribution in [0.1, 0.15) is 19.3 Å². The van der Waals surface area contributed by atoms with Gasteiger partial charge in [0, 0.05) is 80.4 Å². The highest BCUT2D eigenvalue weighted by atomic mass is 16.5. The zero-order valence-electron chi connectivity index (χ0n) is 24.3. The Morgan fingerprint density at radius 2 is 1.66 bits per heavy atom. The van der Waals surface area contributed by atoms with Gasteiger partial charge in [-0.05, 0) is 94.5 Å². The zero-order chi connectivity index (χ0) is 28.0. The maximum atomic E-state index is 6.29. The first-order valence-electron chi connectivity index (χ1n) is 14.9. The number of ether oxygens (including phenoxy) is 1. The predicted octanol–water partition coefficient (Wildman–Crippen LogP) is 5.46. The SMILES string of the molecule is CN(C)CCCNc1cc(-c2ccc(N3CCNCC3)nc2)nc2cc(Oc3ccc(N4CCCC4)cc3)ccc12. The monoisotopic (exact) mass is 551 g/mol. The summed E-state index contributed by atoms with van der Waals surface area (Å²) in [5.74, 6) is 2.63. The summed E-state index contributed by atoms with van der Waals surface area (Å²) in [5, 5.41) is 8.16. The standard InChI is InChI=1S/C33H41N7O/c1-38(2)17-5-14-35-31-23-30(25-6-13-33(36-24-25)40-20-15-34-16-21-40)37-32-22-28(11-12-29(31)32)41-27-9-7-26(8-10-27)39-18-3-4-19-39/h6-13,22-24,34H,3-5,14-21H2,1-2H3,(H,35,37). The lowest BCUT2D eigenvalue weighted by Crippen LogP contribution is -2.43. The second-order valence-corrected chi connectivity index (χ2v) is 11.2. The molecule has 0 bridgehead atoms. The number of rotatable bonds is 10. The maximum absolute atomic E-state index is 6.29. The molecule has 0 spiro atoms. The topological polar surface area (TPSA) is 68.8 Å². The summed E-state index contributed by atoms with van der Waals surface area (Å²) in [4.78, 5) is 16.8. The second kappa shape index (κ2) is 12.7. The Hall–Kier alpha value is -3.88. The van der Waals surface area contributed by atoms with Gasteiger partial charge in [0.05, 0.1) is 11.2 Å². The molecule has 0 saturated carbocycles. The van der Waals surface area contributed by atoms with E-state index in [2.05, 4.69) is 88.0 Å². The fraction of sp³-hybridized carbons (Fsp3) is 0.394. The molecular weight excluding hydrogens is 510 g/mol. The Bertz CT molecular complexity index is 1430. The molecule has 0 radical (unpaired) electrons. The first-order valence-corrected chi connectivity index (χ1v) is 14.9. The lowest BCUT2D eigenvalue weighted by atomic mass is 10.1. The van der Waals surface area contributed by atoms with Gasteiger partial charge in [0.1, 0.15) is 17.3 Å². The number of fused-ring (bicyclic) bond motifs is 1. The molecule has 214 valence electrons. The number of piperazine rings is 1. The van der Waals surface area contributed by atoms with Crippen LogP contribution in [0.25, 0.3) is 22.2 Å². The summed E-state index contributed by atoms with van der Waals surface area (Å²) in [6, 6.07) is 21.0. The molecule has 4 heterocycles. The lowest BCUT2D eigenvalue weighted by Gasteiger charge is -2.28. The zero-order valence-corrected chi connectivity index (χ0v) is 24.3. The number of hydrogen-bond acceptors (Lipinski definition) is 8. The largest absolute Gasteiger partial charge is 0.457 e. The Balaban J connectivity index is 1.26. The van der Waals surface area contributed by atoms with Crippen LogP contribution in [0.15, 0.2) is 66.9 Å². The van der Waals surface area contributed by atoms with Crippen molar-refractivity contribution in [3.05, 3.63) is 66.9 Å². The molecule has 0 aliphatic carbocycles. The van der Waals surface area contributed by atoms with Crippen molar-refractivity contribution in [1.82, 2.24) is 20.2 Å². The molecule has 2 N–H and O–H groups in total. The third-order valence-electron chi connectivity index (χ3n) is 7.91. The molecule has 6 rings (SSSR count). The van der Waals surface area contributed by atoms with E-state index in [9.17, 15) is 0 Å². The van der Waals surface area contributed by atoms with Crippen LogP contribution < -0.4 is 25.2 Å². The fourth-order valence-corrected chi connectivity index (χ4v) is 5.64. The summed E-state index contributed by atoms with van der Waals surface area (Å²) < 4.78 is 6.29. The van der Waals surface area contributed by atoms with E-state index in [0.717, 1.165) is 104 Å². The second-order valence-electron chi connectivity index (χ2n) is 11.2.